The van der Waals surface area contributed by atoms with E-state index < -0.39 is 9.84 Å². The van der Waals surface area contributed by atoms with Crippen LogP contribution in [0.15, 0.2) is 0 Å². The zero-order valence-electron chi connectivity index (χ0n) is 11.9. The summed E-state index contributed by atoms with van der Waals surface area (Å²) < 4.78 is 23.0. The van der Waals surface area contributed by atoms with Gasteiger partial charge in [-0.25, -0.2) is 8.42 Å². The first-order valence-corrected chi connectivity index (χ1v) is 8.95. The molecule has 6 heteroatoms. The Balaban J connectivity index is 1.80. The summed E-state index contributed by atoms with van der Waals surface area (Å²) in [6, 6.07) is 0.711. The van der Waals surface area contributed by atoms with E-state index in [1.807, 2.05) is 14.0 Å². The minimum absolute atomic E-state index is 0.125. The molecule has 0 aromatic carbocycles. The van der Waals surface area contributed by atoms with Gasteiger partial charge in [0.25, 0.3) is 0 Å². The van der Waals surface area contributed by atoms with Crippen LogP contribution in [0.2, 0.25) is 0 Å². The van der Waals surface area contributed by atoms with Crippen molar-refractivity contribution in [2.75, 3.05) is 31.7 Å². The molecule has 0 aromatic heterocycles. The van der Waals surface area contributed by atoms with E-state index in [0.717, 1.165) is 19.4 Å². The number of hydrogen-bond donors (Lipinski definition) is 2. The van der Waals surface area contributed by atoms with E-state index in [1.54, 1.807) is 0 Å². The second-order valence-electron chi connectivity index (χ2n) is 6.42. The topological polar surface area (TPSA) is 69.6 Å². The third kappa shape index (κ3) is 4.41. The predicted octanol–water partition coefficient (Wildman–Crippen LogP) is -0.00160. The second kappa shape index (κ2) is 5.68. The van der Waals surface area contributed by atoms with E-state index >= 15 is 0 Å². The minimum atomic E-state index is -2.82. The fourth-order valence-corrected chi connectivity index (χ4v) is 4.45. The molecule has 1 aliphatic carbocycles. The van der Waals surface area contributed by atoms with E-state index in [2.05, 4.69) is 10.2 Å². The van der Waals surface area contributed by atoms with Crippen molar-refractivity contribution in [1.82, 2.24) is 10.2 Å². The quantitative estimate of drug-likeness (QED) is 0.691. The van der Waals surface area contributed by atoms with Gasteiger partial charge < -0.3 is 15.3 Å². The highest BCUT2D eigenvalue weighted by Gasteiger charge is 2.34. The van der Waals surface area contributed by atoms with Crippen molar-refractivity contribution in [1.29, 1.82) is 0 Å². The van der Waals surface area contributed by atoms with Crippen LogP contribution in [0.5, 0.6) is 0 Å². The molecule has 0 spiro atoms. The molecule has 2 fully saturated rings. The molecule has 0 amide bonds. The smallest absolute Gasteiger partial charge is 0.151 e. The van der Waals surface area contributed by atoms with Gasteiger partial charge in [0.2, 0.25) is 0 Å². The molecule has 19 heavy (non-hydrogen) atoms. The van der Waals surface area contributed by atoms with Gasteiger partial charge in [0.1, 0.15) is 0 Å². The third-order valence-electron chi connectivity index (χ3n) is 4.33. The monoisotopic (exact) mass is 290 g/mol. The average molecular weight is 290 g/mol. The molecule has 1 saturated carbocycles. The van der Waals surface area contributed by atoms with Gasteiger partial charge in [0.05, 0.1) is 18.1 Å². The molecule has 0 aromatic rings. The summed E-state index contributed by atoms with van der Waals surface area (Å²) in [6.45, 7) is 2.99. The molecule has 1 heterocycles. The Morgan fingerprint density at radius 1 is 1.37 bits per heavy atom. The maximum atomic E-state index is 11.5. The molecule has 1 aliphatic heterocycles. The molecule has 2 N–H and O–H groups in total. The van der Waals surface area contributed by atoms with Crippen LogP contribution in [0.3, 0.4) is 0 Å². The Hall–Kier alpha value is -0.170. The fourth-order valence-electron chi connectivity index (χ4n) is 2.65. The van der Waals surface area contributed by atoms with Gasteiger partial charge in [-0.2, -0.15) is 0 Å². The molecule has 112 valence electrons. The Morgan fingerprint density at radius 2 is 2.05 bits per heavy atom. The lowest BCUT2D eigenvalue weighted by atomic mass is 9.98. The average Bonchev–Trinajstić information content (AvgIpc) is 3.08. The second-order valence-corrected chi connectivity index (χ2v) is 8.65. The van der Waals surface area contributed by atoms with Gasteiger partial charge in [-0.1, -0.05) is 0 Å². The number of sulfone groups is 1. The van der Waals surface area contributed by atoms with Crippen LogP contribution in [-0.4, -0.2) is 67.8 Å². The first-order chi connectivity index (χ1) is 8.84. The Bertz CT molecular complexity index is 408. The van der Waals surface area contributed by atoms with Crippen LogP contribution in [0, 0.1) is 0 Å². The normalized spacial score (nSPS) is 29.6. The molecular formula is C13H26N2O3S. The zero-order valence-corrected chi connectivity index (χ0v) is 12.7. The van der Waals surface area contributed by atoms with Crippen LogP contribution in [-0.2, 0) is 9.84 Å². The Kier molecular flexibility index (Phi) is 4.55. The molecule has 2 aliphatic rings. The van der Waals surface area contributed by atoms with E-state index in [-0.39, 0.29) is 23.9 Å². The summed E-state index contributed by atoms with van der Waals surface area (Å²) in [7, 11) is -0.829. The van der Waals surface area contributed by atoms with Crippen LogP contribution >= 0.6 is 0 Å². The maximum Gasteiger partial charge on any atom is 0.151 e. The Labute approximate surface area is 116 Å². The first kappa shape index (κ1) is 15.2. The summed E-state index contributed by atoms with van der Waals surface area (Å²) in [5, 5.41) is 13.0. The lowest BCUT2D eigenvalue weighted by Crippen LogP contribution is -2.49. The van der Waals surface area contributed by atoms with Crippen LogP contribution in [0.4, 0.5) is 0 Å². The maximum absolute atomic E-state index is 11.5. The van der Waals surface area contributed by atoms with Gasteiger partial charge in [-0.3, -0.25) is 0 Å². The van der Waals surface area contributed by atoms with Gasteiger partial charge >= 0.3 is 0 Å². The summed E-state index contributed by atoms with van der Waals surface area (Å²) in [6.07, 6.45) is 3.98. The number of aliphatic hydroxyl groups excluding tert-OH is 1. The predicted molar refractivity (Wildman–Crippen MR) is 76.0 cm³/mol. The van der Waals surface area contributed by atoms with E-state index in [9.17, 15) is 13.5 Å². The molecule has 5 nitrogen and oxygen atoms in total. The highest BCUT2D eigenvalue weighted by atomic mass is 32.2. The lowest BCUT2D eigenvalue weighted by Gasteiger charge is -2.32. The summed E-state index contributed by atoms with van der Waals surface area (Å²) >= 11 is 0. The fraction of sp³-hybridized carbons (Fsp3) is 1.00. The van der Waals surface area contributed by atoms with E-state index in [1.165, 1.54) is 12.8 Å². The van der Waals surface area contributed by atoms with Crippen molar-refractivity contribution < 1.29 is 13.5 Å². The highest BCUT2D eigenvalue weighted by molar-refractivity contribution is 7.91. The van der Waals surface area contributed by atoms with Crippen molar-refractivity contribution in [3.8, 4) is 0 Å². The number of aliphatic hydroxyl groups is 1. The highest BCUT2D eigenvalue weighted by Crippen LogP contribution is 2.24. The number of hydrogen-bond acceptors (Lipinski definition) is 5. The summed E-state index contributed by atoms with van der Waals surface area (Å²) in [5.74, 6) is 0.606. The largest absolute Gasteiger partial charge is 0.394 e. The van der Waals surface area contributed by atoms with Crippen molar-refractivity contribution in [2.24, 2.45) is 0 Å². The zero-order chi connectivity index (χ0) is 14.1. The van der Waals surface area contributed by atoms with Crippen molar-refractivity contribution in [3.63, 3.8) is 0 Å². The van der Waals surface area contributed by atoms with Gasteiger partial charge in [-0.15, -0.1) is 0 Å². The van der Waals surface area contributed by atoms with Gasteiger partial charge in [0.15, 0.2) is 9.84 Å². The number of rotatable bonds is 7. The molecule has 1 saturated heterocycles. The van der Waals surface area contributed by atoms with Crippen LogP contribution in [0.1, 0.15) is 32.6 Å². The molecule has 2 atom stereocenters. The summed E-state index contributed by atoms with van der Waals surface area (Å²) in [4.78, 5) is 2.13. The summed E-state index contributed by atoms with van der Waals surface area (Å²) in [5.41, 5.74) is -0.243. The molecule has 0 bridgehead atoms. The lowest BCUT2D eigenvalue weighted by molar-refractivity contribution is 0.141. The van der Waals surface area contributed by atoms with E-state index in [4.69, 9.17) is 0 Å². The Morgan fingerprint density at radius 3 is 2.53 bits per heavy atom. The SMILES string of the molecule is CN(CCC(C)(CO)NC1CC1)C1CCS(=O)(=O)C1. The molecule has 0 radical (unpaired) electrons. The molecular weight excluding hydrogens is 264 g/mol. The number of nitrogens with one attached hydrogen (secondary N) is 1. The van der Waals surface area contributed by atoms with Gasteiger partial charge in [-0.05, 0) is 46.2 Å². The molecule has 2 unspecified atom stereocenters. The first-order valence-electron chi connectivity index (χ1n) is 7.13. The standard InChI is InChI=1S/C13H26N2O3S/c1-13(10-16,14-11-3-4-11)6-7-15(2)12-5-8-19(17,18)9-12/h11-12,14,16H,3-10H2,1-2H3. The van der Waals surface area contributed by atoms with E-state index in [0.29, 0.717) is 11.8 Å². The number of nitrogens with zero attached hydrogens (tertiary/aromatic N) is 1. The third-order valence-corrected chi connectivity index (χ3v) is 6.08. The van der Waals surface area contributed by atoms with Crippen molar-refractivity contribution >= 4 is 9.84 Å². The van der Waals surface area contributed by atoms with Gasteiger partial charge in [0, 0.05) is 17.6 Å². The molecule has 2 rings (SSSR count). The van der Waals surface area contributed by atoms with Crippen molar-refractivity contribution in [2.45, 2.75) is 50.2 Å². The van der Waals surface area contributed by atoms with Crippen LogP contribution in [0.25, 0.3) is 0 Å². The van der Waals surface area contributed by atoms with Crippen LogP contribution < -0.4 is 5.32 Å². The van der Waals surface area contributed by atoms with Crippen molar-refractivity contribution in [3.05, 3.63) is 0 Å². The minimum Gasteiger partial charge on any atom is -0.394 e.